The Kier molecular flexibility index (Phi) is 4.65. The molecule has 2 saturated heterocycles. The van der Waals surface area contributed by atoms with Crippen LogP contribution in [0, 0.1) is 11.8 Å². The molecular formula is C16H29NO3. The molecule has 1 aliphatic carbocycles. The lowest BCUT2D eigenvalue weighted by Gasteiger charge is -2.34. The van der Waals surface area contributed by atoms with Gasteiger partial charge in [0.2, 0.25) is 0 Å². The van der Waals surface area contributed by atoms with Gasteiger partial charge in [0.25, 0.3) is 0 Å². The van der Waals surface area contributed by atoms with Crippen molar-refractivity contribution in [3.63, 3.8) is 0 Å². The second kappa shape index (κ2) is 6.30. The predicted molar refractivity (Wildman–Crippen MR) is 77.6 cm³/mol. The molecule has 2 heterocycles. The van der Waals surface area contributed by atoms with E-state index in [1.807, 2.05) is 0 Å². The minimum absolute atomic E-state index is 0.208. The molecule has 0 bridgehead atoms. The fraction of sp³-hybridized carbons (Fsp3) is 1.00. The lowest BCUT2D eigenvalue weighted by Crippen LogP contribution is -2.44. The van der Waals surface area contributed by atoms with E-state index in [-0.39, 0.29) is 11.9 Å². The van der Waals surface area contributed by atoms with E-state index >= 15 is 0 Å². The summed E-state index contributed by atoms with van der Waals surface area (Å²) in [5.41, 5.74) is 0. The van der Waals surface area contributed by atoms with Crippen LogP contribution in [0.5, 0.6) is 0 Å². The van der Waals surface area contributed by atoms with Crippen LogP contribution in [0.25, 0.3) is 0 Å². The molecule has 1 spiro atoms. The molecule has 4 nitrogen and oxygen atoms in total. The second-order valence-electron chi connectivity index (χ2n) is 6.98. The minimum Gasteiger partial charge on any atom is -0.381 e. The third-order valence-corrected chi connectivity index (χ3v) is 5.21. The zero-order valence-electron chi connectivity index (χ0n) is 12.9. The van der Waals surface area contributed by atoms with Crippen LogP contribution in [0.15, 0.2) is 0 Å². The van der Waals surface area contributed by atoms with Crippen molar-refractivity contribution in [3.05, 3.63) is 0 Å². The van der Waals surface area contributed by atoms with Crippen LogP contribution < -0.4 is 5.32 Å². The molecule has 3 aliphatic rings. The average molecular weight is 283 g/mol. The molecule has 1 N–H and O–H groups in total. The van der Waals surface area contributed by atoms with Crippen molar-refractivity contribution in [1.29, 1.82) is 0 Å². The van der Waals surface area contributed by atoms with Gasteiger partial charge in [-0.1, -0.05) is 13.8 Å². The van der Waals surface area contributed by atoms with Gasteiger partial charge in [-0.3, -0.25) is 0 Å². The molecule has 0 amide bonds. The maximum Gasteiger partial charge on any atom is 0.173 e. The lowest BCUT2D eigenvalue weighted by molar-refractivity contribution is -0.210. The van der Waals surface area contributed by atoms with Crippen LogP contribution in [-0.2, 0) is 14.2 Å². The van der Waals surface area contributed by atoms with Crippen molar-refractivity contribution in [1.82, 2.24) is 5.32 Å². The minimum atomic E-state index is -0.336. The standard InChI is InChI=1S/C16H29NO3/c1-12-3-4-15(13(2)9-12)17-10-14-11-19-16(20-14)5-7-18-8-6-16/h12-15,17H,3-11H2,1-2H3/t12-,13-,14-,15+/m1/s1. The Labute approximate surface area is 122 Å². The lowest BCUT2D eigenvalue weighted by atomic mass is 9.80. The Hall–Kier alpha value is -0.160. The van der Waals surface area contributed by atoms with Crippen LogP contribution in [0.3, 0.4) is 0 Å². The van der Waals surface area contributed by atoms with Crippen LogP contribution >= 0.6 is 0 Å². The highest BCUT2D eigenvalue weighted by atomic mass is 16.7. The van der Waals surface area contributed by atoms with Crippen LogP contribution in [0.2, 0.25) is 0 Å². The molecule has 20 heavy (non-hydrogen) atoms. The van der Waals surface area contributed by atoms with Crippen molar-refractivity contribution in [2.45, 2.75) is 63.9 Å². The van der Waals surface area contributed by atoms with Gasteiger partial charge in [0.1, 0.15) is 0 Å². The molecule has 3 rings (SSSR count). The fourth-order valence-electron chi connectivity index (χ4n) is 3.91. The Morgan fingerprint density at radius 1 is 1.15 bits per heavy atom. The van der Waals surface area contributed by atoms with Gasteiger partial charge in [0, 0.05) is 25.4 Å². The van der Waals surface area contributed by atoms with E-state index in [0.717, 1.165) is 51.0 Å². The zero-order valence-corrected chi connectivity index (χ0v) is 12.9. The first-order valence-corrected chi connectivity index (χ1v) is 8.30. The van der Waals surface area contributed by atoms with E-state index in [1.165, 1.54) is 19.3 Å². The Morgan fingerprint density at radius 2 is 1.95 bits per heavy atom. The molecule has 116 valence electrons. The molecule has 4 heteroatoms. The first kappa shape index (κ1) is 14.8. The number of nitrogens with one attached hydrogen (secondary N) is 1. The third-order valence-electron chi connectivity index (χ3n) is 5.21. The SMILES string of the molecule is C[C@@H]1CC[C@H](NC[C@@H]2COC3(CCOCC3)O2)[C@H](C)C1. The highest BCUT2D eigenvalue weighted by molar-refractivity contribution is 4.85. The summed E-state index contributed by atoms with van der Waals surface area (Å²) in [4.78, 5) is 0. The smallest absolute Gasteiger partial charge is 0.173 e. The number of hydrogen-bond acceptors (Lipinski definition) is 4. The summed E-state index contributed by atoms with van der Waals surface area (Å²) in [6.45, 7) is 7.92. The molecular weight excluding hydrogens is 254 g/mol. The summed E-state index contributed by atoms with van der Waals surface area (Å²) in [5.74, 6) is 1.33. The number of hydrogen-bond donors (Lipinski definition) is 1. The van der Waals surface area contributed by atoms with Gasteiger partial charge < -0.3 is 19.5 Å². The summed E-state index contributed by atoms with van der Waals surface area (Å²) in [6, 6.07) is 0.654. The van der Waals surface area contributed by atoms with E-state index in [2.05, 4.69) is 19.2 Å². The summed E-state index contributed by atoms with van der Waals surface area (Å²) < 4.78 is 17.5. The fourth-order valence-corrected chi connectivity index (χ4v) is 3.91. The molecule has 1 saturated carbocycles. The van der Waals surface area contributed by atoms with Gasteiger partial charge in [-0.15, -0.1) is 0 Å². The van der Waals surface area contributed by atoms with Gasteiger partial charge in [0.05, 0.1) is 25.9 Å². The Morgan fingerprint density at radius 3 is 2.70 bits per heavy atom. The van der Waals surface area contributed by atoms with E-state index in [1.54, 1.807) is 0 Å². The quantitative estimate of drug-likeness (QED) is 0.863. The highest BCUT2D eigenvalue weighted by Gasteiger charge is 2.42. The summed E-state index contributed by atoms with van der Waals surface area (Å²) in [5, 5.41) is 3.72. The van der Waals surface area contributed by atoms with Crippen molar-refractivity contribution in [3.8, 4) is 0 Å². The van der Waals surface area contributed by atoms with Crippen molar-refractivity contribution in [2.24, 2.45) is 11.8 Å². The summed E-state index contributed by atoms with van der Waals surface area (Å²) >= 11 is 0. The molecule has 2 aliphatic heterocycles. The molecule has 0 unspecified atom stereocenters. The average Bonchev–Trinajstić information content (AvgIpc) is 2.82. The number of ether oxygens (including phenoxy) is 3. The molecule has 0 aromatic heterocycles. The molecule has 4 atom stereocenters. The maximum atomic E-state index is 6.17. The summed E-state index contributed by atoms with van der Waals surface area (Å²) in [6.07, 6.45) is 5.96. The monoisotopic (exact) mass is 283 g/mol. The van der Waals surface area contributed by atoms with Gasteiger partial charge in [-0.2, -0.15) is 0 Å². The maximum absolute atomic E-state index is 6.17. The van der Waals surface area contributed by atoms with Gasteiger partial charge >= 0.3 is 0 Å². The third kappa shape index (κ3) is 3.35. The summed E-state index contributed by atoms with van der Waals surface area (Å²) in [7, 11) is 0. The largest absolute Gasteiger partial charge is 0.381 e. The number of rotatable bonds is 3. The van der Waals surface area contributed by atoms with Crippen LogP contribution in [0.4, 0.5) is 0 Å². The van der Waals surface area contributed by atoms with E-state index in [4.69, 9.17) is 14.2 Å². The van der Waals surface area contributed by atoms with Gasteiger partial charge in [-0.25, -0.2) is 0 Å². The highest BCUT2D eigenvalue weighted by Crippen LogP contribution is 2.33. The van der Waals surface area contributed by atoms with E-state index in [0.29, 0.717) is 6.04 Å². The Balaban J connectivity index is 1.43. The van der Waals surface area contributed by atoms with E-state index in [9.17, 15) is 0 Å². The van der Waals surface area contributed by atoms with Crippen molar-refractivity contribution >= 4 is 0 Å². The van der Waals surface area contributed by atoms with Crippen LogP contribution in [-0.4, -0.2) is 44.3 Å². The normalized spacial score (nSPS) is 41.1. The van der Waals surface area contributed by atoms with E-state index < -0.39 is 0 Å². The molecule has 0 aromatic rings. The van der Waals surface area contributed by atoms with Gasteiger partial charge in [-0.05, 0) is 31.1 Å². The molecule has 0 aromatic carbocycles. The second-order valence-corrected chi connectivity index (χ2v) is 6.98. The predicted octanol–water partition coefficient (Wildman–Crippen LogP) is 2.32. The zero-order chi connectivity index (χ0) is 14.0. The Bertz CT molecular complexity index is 317. The topological polar surface area (TPSA) is 39.7 Å². The molecule has 0 radical (unpaired) electrons. The van der Waals surface area contributed by atoms with Crippen molar-refractivity contribution < 1.29 is 14.2 Å². The first-order valence-electron chi connectivity index (χ1n) is 8.30. The van der Waals surface area contributed by atoms with Gasteiger partial charge in [0.15, 0.2) is 5.79 Å². The van der Waals surface area contributed by atoms with Crippen LogP contribution in [0.1, 0.15) is 46.0 Å². The first-order chi connectivity index (χ1) is 9.67. The molecule has 3 fully saturated rings. The van der Waals surface area contributed by atoms with Crippen molar-refractivity contribution in [2.75, 3.05) is 26.4 Å².